The summed E-state index contributed by atoms with van der Waals surface area (Å²) in [6.45, 7) is 3.09. The van der Waals surface area contributed by atoms with E-state index in [0.717, 1.165) is 26.0 Å². The number of amides is 1. The first-order chi connectivity index (χ1) is 7.86. The summed E-state index contributed by atoms with van der Waals surface area (Å²) in [6.07, 6.45) is 5.86. The molecule has 1 saturated heterocycles. The number of ether oxygens (including phenoxy) is 1. The molecular formula is C12H22N2O2. The highest BCUT2D eigenvalue weighted by Crippen LogP contribution is 2.23. The largest absolute Gasteiger partial charge is 0.378 e. The van der Waals surface area contributed by atoms with Gasteiger partial charge in [-0.3, -0.25) is 4.79 Å². The van der Waals surface area contributed by atoms with Gasteiger partial charge in [0.2, 0.25) is 5.91 Å². The Labute approximate surface area is 97.1 Å². The fourth-order valence-electron chi connectivity index (χ4n) is 2.48. The second kappa shape index (κ2) is 6.21. The maximum Gasteiger partial charge on any atom is 0.223 e. The number of carbonyl (C=O) groups excluding carboxylic acids is 1. The van der Waals surface area contributed by atoms with Crippen molar-refractivity contribution in [3.05, 3.63) is 0 Å². The van der Waals surface area contributed by atoms with Crippen LogP contribution >= 0.6 is 0 Å². The summed E-state index contributed by atoms with van der Waals surface area (Å²) >= 11 is 0. The van der Waals surface area contributed by atoms with Crippen molar-refractivity contribution in [1.82, 2.24) is 10.6 Å². The van der Waals surface area contributed by atoms with Crippen LogP contribution in [0.4, 0.5) is 0 Å². The van der Waals surface area contributed by atoms with E-state index in [0.29, 0.717) is 19.2 Å². The van der Waals surface area contributed by atoms with Crippen molar-refractivity contribution in [2.24, 2.45) is 5.92 Å². The molecule has 2 N–H and O–H groups in total. The van der Waals surface area contributed by atoms with Crippen LogP contribution in [0, 0.1) is 5.92 Å². The number of hydrogen-bond donors (Lipinski definition) is 2. The molecule has 1 atom stereocenters. The highest BCUT2D eigenvalue weighted by molar-refractivity contribution is 5.78. The van der Waals surface area contributed by atoms with Gasteiger partial charge in [0.15, 0.2) is 0 Å². The van der Waals surface area contributed by atoms with Gasteiger partial charge in [-0.2, -0.15) is 0 Å². The van der Waals surface area contributed by atoms with E-state index in [1.807, 2.05) is 0 Å². The molecule has 0 aromatic heterocycles. The number of nitrogens with one attached hydrogen (secondary N) is 2. The molecule has 1 aliphatic carbocycles. The molecule has 0 aromatic carbocycles. The molecule has 1 aliphatic heterocycles. The Balaban J connectivity index is 1.65. The molecule has 4 heteroatoms. The Morgan fingerprint density at radius 2 is 2.12 bits per heavy atom. The second-order valence-corrected chi connectivity index (χ2v) is 4.81. The van der Waals surface area contributed by atoms with Gasteiger partial charge in [-0.05, 0) is 12.8 Å². The zero-order valence-electron chi connectivity index (χ0n) is 9.84. The maximum absolute atomic E-state index is 11.9. The van der Waals surface area contributed by atoms with E-state index >= 15 is 0 Å². The van der Waals surface area contributed by atoms with Crippen LogP contribution in [0.1, 0.15) is 32.1 Å². The Kier molecular flexibility index (Phi) is 4.60. The lowest BCUT2D eigenvalue weighted by molar-refractivity contribution is -0.126. The van der Waals surface area contributed by atoms with Gasteiger partial charge in [-0.25, -0.2) is 0 Å². The standard InChI is InChI=1S/C12H22N2O2/c15-12(10-4-2-1-3-5-10)14-8-11-9-16-7-6-13-11/h10-11,13H,1-9H2,(H,14,15). The van der Waals surface area contributed by atoms with Crippen molar-refractivity contribution in [3.63, 3.8) is 0 Å². The summed E-state index contributed by atoms with van der Waals surface area (Å²) in [5, 5.41) is 6.38. The third-order valence-electron chi connectivity index (χ3n) is 3.50. The predicted molar refractivity (Wildman–Crippen MR) is 62.2 cm³/mol. The van der Waals surface area contributed by atoms with Gasteiger partial charge in [0, 0.05) is 25.0 Å². The topological polar surface area (TPSA) is 50.4 Å². The third kappa shape index (κ3) is 3.46. The van der Waals surface area contributed by atoms with Crippen LogP contribution in [-0.4, -0.2) is 38.3 Å². The van der Waals surface area contributed by atoms with Crippen molar-refractivity contribution in [1.29, 1.82) is 0 Å². The first kappa shape index (κ1) is 11.9. The van der Waals surface area contributed by atoms with Crippen molar-refractivity contribution >= 4 is 5.91 Å². The third-order valence-corrected chi connectivity index (χ3v) is 3.50. The predicted octanol–water partition coefficient (Wildman–Crippen LogP) is 0.671. The van der Waals surface area contributed by atoms with Crippen molar-refractivity contribution in [3.8, 4) is 0 Å². The monoisotopic (exact) mass is 226 g/mol. The molecule has 1 heterocycles. The van der Waals surface area contributed by atoms with E-state index in [4.69, 9.17) is 4.74 Å². The molecule has 0 spiro atoms. The van der Waals surface area contributed by atoms with E-state index in [-0.39, 0.29) is 11.8 Å². The molecule has 0 bridgehead atoms. The van der Waals surface area contributed by atoms with Crippen LogP contribution in [0.2, 0.25) is 0 Å². The van der Waals surface area contributed by atoms with Crippen molar-refractivity contribution in [2.45, 2.75) is 38.1 Å². The zero-order chi connectivity index (χ0) is 11.2. The SMILES string of the molecule is O=C(NCC1COCCN1)C1CCCCC1. The van der Waals surface area contributed by atoms with Crippen molar-refractivity contribution < 1.29 is 9.53 Å². The first-order valence-corrected chi connectivity index (χ1v) is 6.45. The number of hydrogen-bond acceptors (Lipinski definition) is 3. The summed E-state index contributed by atoms with van der Waals surface area (Å²) in [7, 11) is 0. The molecular weight excluding hydrogens is 204 g/mol. The highest BCUT2D eigenvalue weighted by atomic mass is 16.5. The minimum atomic E-state index is 0.243. The Bertz CT molecular complexity index is 221. The average molecular weight is 226 g/mol. The van der Waals surface area contributed by atoms with Gasteiger partial charge < -0.3 is 15.4 Å². The smallest absolute Gasteiger partial charge is 0.223 e. The van der Waals surface area contributed by atoms with Gasteiger partial charge in [0.05, 0.1) is 13.2 Å². The van der Waals surface area contributed by atoms with Crippen molar-refractivity contribution in [2.75, 3.05) is 26.3 Å². The summed E-state index contributed by atoms with van der Waals surface area (Å²) in [6, 6.07) is 0.293. The minimum Gasteiger partial charge on any atom is -0.378 e. The Morgan fingerprint density at radius 3 is 2.81 bits per heavy atom. The number of rotatable bonds is 3. The van der Waals surface area contributed by atoms with Crippen LogP contribution in [0.25, 0.3) is 0 Å². The Morgan fingerprint density at radius 1 is 1.31 bits per heavy atom. The van der Waals surface area contributed by atoms with E-state index < -0.39 is 0 Å². The Hall–Kier alpha value is -0.610. The van der Waals surface area contributed by atoms with Crippen LogP contribution in [0.5, 0.6) is 0 Å². The summed E-state index contributed by atoms with van der Waals surface area (Å²) in [4.78, 5) is 11.9. The van der Waals surface area contributed by atoms with Crippen LogP contribution < -0.4 is 10.6 Å². The molecule has 1 saturated carbocycles. The summed E-state index contributed by atoms with van der Waals surface area (Å²) in [5.74, 6) is 0.505. The lowest BCUT2D eigenvalue weighted by atomic mass is 9.88. The quantitative estimate of drug-likeness (QED) is 0.743. The molecule has 1 unspecified atom stereocenters. The maximum atomic E-state index is 11.9. The van der Waals surface area contributed by atoms with Gasteiger partial charge in [0.1, 0.15) is 0 Å². The molecule has 2 fully saturated rings. The van der Waals surface area contributed by atoms with E-state index in [2.05, 4.69) is 10.6 Å². The molecule has 4 nitrogen and oxygen atoms in total. The van der Waals surface area contributed by atoms with E-state index in [1.165, 1.54) is 19.3 Å². The van der Waals surface area contributed by atoms with E-state index in [9.17, 15) is 4.79 Å². The molecule has 92 valence electrons. The summed E-state index contributed by atoms with van der Waals surface area (Å²) < 4.78 is 5.35. The molecule has 2 aliphatic rings. The fourth-order valence-corrected chi connectivity index (χ4v) is 2.48. The fraction of sp³-hybridized carbons (Fsp3) is 0.917. The van der Waals surface area contributed by atoms with Gasteiger partial charge >= 0.3 is 0 Å². The summed E-state index contributed by atoms with van der Waals surface area (Å²) in [5.41, 5.74) is 0. The van der Waals surface area contributed by atoms with Crippen LogP contribution in [0.15, 0.2) is 0 Å². The number of carbonyl (C=O) groups is 1. The molecule has 16 heavy (non-hydrogen) atoms. The van der Waals surface area contributed by atoms with Gasteiger partial charge in [-0.15, -0.1) is 0 Å². The molecule has 1 amide bonds. The van der Waals surface area contributed by atoms with Gasteiger partial charge in [0.25, 0.3) is 0 Å². The average Bonchev–Trinajstić information content (AvgIpc) is 2.38. The highest BCUT2D eigenvalue weighted by Gasteiger charge is 2.22. The lowest BCUT2D eigenvalue weighted by Crippen LogP contribution is -2.49. The minimum absolute atomic E-state index is 0.243. The van der Waals surface area contributed by atoms with Crippen LogP contribution in [0.3, 0.4) is 0 Å². The van der Waals surface area contributed by atoms with Gasteiger partial charge in [-0.1, -0.05) is 19.3 Å². The molecule has 0 radical (unpaired) electrons. The number of morpholine rings is 1. The normalized spacial score (nSPS) is 27.6. The molecule has 2 rings (SSSR count). The zero-order valence-corrected chi connectivity index (χ0v) is 9.84. The van der Waals surface area contributed by atoms with Crippen LogP contribution in [-0.2, 0) is 9.53 Å². The second-order valence-electron chi connectivity index (χ2n) is 4.81. The lowest BCUT2D eigenvalue weighted by Gasteiger charge is -2.26. The van der Waals surface area contributed by atoms with E-state index in [1.54, 1.807) is 0 Å². The molecule has 0 aromatic rings. The first-order valence-electron chi connectivity index (χ1n) is 6.45.